The van der Waals surface area contributed by atoms with Crippen molar-refractivity contribution in [2.45, 2.75) is 19.8 Å². The van der Waals surface area contributed by atoms with Crippen molar-refractivity contribution in [3.05, 3.63) is 125 Å². The van der Waals surface area contributed by atoms with E-state index in [1.807, 2.05) is 54.6 Å². The van der Waals surface area contributed by atoms with E-state index in [2.05, 4.69) is 35.4 Å². The molecular formula is C37H34N8O13S2. The van der Waals surface area contributed by atoms with Crippen LogP contribution in [0.25, 0.3) is 0 Å². The first-order valence-electron chi connectivity index (χ1n) is 16.9. The van der Waals surface area contributed by atoms with Gasteiger partial charge in [0.2, 0.25) is 5.95 Å². The second-order valence-electron chi connectivity index (χ2n) is 12.0. The highest BCUT2D eigenvalue weighted by molar-refractivity contribution is 7.85. The molecule has 0 aliphatic heterocycles. The highest BCUT2D eigenvalue weighted by Crippen LogP contribution is 2.32. The van der Waals surface area contributed by atoms with E-state index in [0.29, 0.717) is 34.0 Å². The monoisotopic (exact) mass is 862 g/mol. The lowest BCUT2D eigenvalue weighted by Crippen LogP contribution is -2.28. The molecule has 0 aliphatic carbocycles. The lowest BCUT2D eigenvalue weighted by molar-refractivity contribution is -0.191. The number of nitrogens with zero attached hydrogens (tertiary/aromatic N) is 8. The third kappa shape index (κ3) is 17.0. The molecule has 0 bridgehead atoms. The van der Waals surface area contributed by atoms with Gasteiger partial charge in [-0.1, -0.05) is 36.4 Å². The second-order valence-corrected chi connectivity index (χ2v) is 14.0. The summed E-state index contributed by atoms with van der Waals surface area (Å²) < 4.78 is 63.3. The Bertz CT molecular complexity index is 2600. The second kappa shape index (κ2) is 23.1. The summed E-state index contributed by atoms with van der Waals surface area (Å²) in [5.41, 5.74) is 4.06. The lowest BCUT2D eigenvalue weighted by Gasteiger charge is -2.17. The molecule has 0 fully saturated rings. The van der Waals surface area contributed by atoms with Crippen LogP contribution in [0.5, 0.6) is 5.75 Å². The van der Waals surface area contributed by atoms with E-state index < -0.39 is 38.4 Å². The lowest BCUT2D eigenvalue weighted by atomic mass is 10.1. The maximum Gasteiger partial charge on any atom is 0.425 e. The van der Waals surface area contributed by atoms with Gasteiger partial charge in [-0.05, 0) is 66.6 Å². The number of aromatic nitrogens is 3. The Hall–Kier alpha value is -7.46. The number of aryl methyl sites for hydroxylation is 1. The molecule has 0 amide bonds. The van der Waals surface area contributed by atoms with Gasteiger partial charge >= 0.3 is 28.7 Å². The van der Waals surface area contributed by atoms with Crippen molar-refractivity contribution < 1.29 is 59.7 Å². The fourth-order valence-electron chi connectivity index (χ4n) is 4.89. The zero-order valence-electron chi connectivity index (χ0n) is 31.5. The fraction of sp³-hybridized carbons (Fsp3) is 0.189. The van der Waals surface area contributed by atoms with Crippen LogP contribution in [0.4, 0.5) is 28.7 Å². The number of likely N-dealkylation sites (N-methyl/N-ethyl adjacent to an activating group) is 1. The van der Waals surface area contributed by atoms with E-state index in [1.54, 1.807) is 26.1 Å². The Morgan fingerprint density at radius 3 is 1.93 bits per heavy atom. The minimum atomic E-state index is -4.33. The number of anilines is 1. The molecule has 0 spiro atoms. The molecule has 312 valence electrons. The van der Waals surface area contributed by atoms with Crippen LogP contribution in [0.1, 0.15) is 38.7 Å². The Balaban J connectivity index is 0.00000128. The molecule has 5 rings (SSSR count). The van der Waals surface area contributed by atoms with Crippen molar-refractivity contribution in [1.82, 2.24) is 15.0 Å². The molecule has 0 aliphatic rings. The van der Waals surface area contributed by atoms with Gasteiger partial charge in [-0.15, -0.1) is 12.6 Å². The van der Waals surface area contributed by atoms with Crippen molar-refractivity contribution >= 4 is 67.5 Å². The fourth-order valence-corrected chi connectivity index (χ4v) is 5.18. The number of benzene rings is 4. The smallest absolute Gasteiger partial charge is 0.425 e. The van der Waals surface area contributed by atoms with Gasteiger partial charge in [-0.25, -0.2) is 9.78 Å². The Kier molecular flexibility index (Phi) is 18.0. The minimum Gasteiger partial charge on any atom is -0.492 e. The summed E-state index contributed by atoms with van der Waals surface area (Å²) in [7, 11) is -5.90. The number of carbonyl (C=O) groups is 2. The normalized spacial score (nSPS) is 10.8. The van der Waals surface area contributed by atoms with Gasteiger partial charge in [0.25, 0.3) is 10.1 Å². The van der Waals surface area contributed by atoms with Crippen LogP contribution in [0.15, 0.2) is 111 Å². The Labute approximate surface area is 343 Å². The molecule has 1 aromatic heterocycles. The van der Waals surface area contributed by atoms with Crippen LogP contribution in [0.2, 0.25) is 0 Å². The Morgan fingerprint density at radius 1 is 0.783 bits per heavy atom. The van der Waals surface area contributed by atoms with Crippen molar-refractivity contribution in [1.29, 1.82) is 0 Å². The molecule has 23 heteroatoms. The standard InChI is InChI=1S/C36H34N8O8S.CO2.O3S/c1-23-17-26(31(52-15-16-53(49,50)51)21-30(23)43-42-29-10-6-7-25(19-29)35(47)48)20-33-37-32(38-36(39-33)44(2)22-34(45)46)18-24-11-13-28(14-12-24)41-40-27-8-4-3-5-9-27;2-1-3;1-4(2)3/h3-14,17,19,21H,15-16,18,20,22H2,1-2H3,(H,45,46)(H,47,48)(H,49,50,51);;. The number of carboxylic acids is 2. The molecule has 0 unspecified atom stereocenters. The van der Waals surface area contributed by atoms with E-state index >= 15 is 0 Å². The zero-order valence-corrected chi connectivity index (χ0v) is 33.1. The topological polar surface area (TPSA) is 315 Å². The number of aliphatic carboxylic acids is 1. The molecule has 0 radical (unpaired) electrons. The van der Waals surface area contributed by atoms with Gasteiger partial charge in [0.05, 0.1) is 28.3 Å². The van der Waals surface area contributed by atoms with Gasteiger partial charge < -0.3 is 19.8 Å². The number of ether oxygens (including phenoxy) is 1. The summed E-state index contributed by atoms with van der Waals surface area (Å²) >= 11 is 0. The average Bonchev–Trinajstić information content (AvgIpc) is 3.18. The summed E-state index contributed by atoms with van der Waals surface area (Å²) in [5, 5.41) is 35.7. The summed E-state index contributed by atoms with van der Waals surface area (Å²) in [5.74, 6) is -1.91. The first-order chi connectivity index (χ1) is 28.5. The van der Waals surface area contributed by atoms with Crippen LogP contribution < -0.4 is 9.64 Å². The van der Waals surface area contributed by atoms with E-state index in [9.17, 15) is 32.8 Å². The molecule has 1 heterocycles. The summed E-state index contributed by atoms with van der Waals surface area (Å²) in [6, 6.07) is 25.8. The van der Waals surface area contributed by atoms with Crippen LogP contribution >= 0.6 is 0 Å². The third-order valence-electron chi connectivity index (χ3n) is 7.46. The average molecular weight is 863 g/mol. The first kappa shape index (κ1) is 46.9. The van der Waals surface area contributed by atoms with E-state index in [-0.39, 0.29) is 55.2 Å². The number of carboxylic acid groups (broad SMARTS) is 2. The molecule has 4 aromatic carbocycles. The molecule has 5 aromatic rings. The maximum atomic E-state index is 11.5. The number of azo groups is 2. The van der Waals surface area contributed by atoms with Crippen molar-refractivity contribution in [3.8, 4) is 5.75 Å². The minimum absolute atomic E-state index is 0.0372. The number of hydrogen-bond donors (Lipinski definition) is 3. The summed E-state index contributed by atoms with van der Waals surface area (Å²) in [6.07, 6.45) is 0.584. The molecule has 0 atom stereocenters. The van der Waals surface area contributed by atoms with Crippen LogP contribution in [-0.2, 0) is 48.0 Å². The number of aromatic carboxylic acids is 1. The van der Waals surface area contributed by atoms with Gasteiger partial charge in [-0.3, -0.25) is 9.35 Å². The number of rotatable bonds is 16. The first-order valence-corrected chi connectivity index (χ1v) is 19.5. The van der Waals surface area contributed by atoms with Crippen molar-refractivity contribution in [2.24, 2.45) is 20.5 Å². The maximum absolute atomic E-state index is 11.5. The van der Waals surface area contributed by atoms with E-state index in [1.165, 1.54) is 29.2 Å². The van der Waals surface area contributed by atoms with Gasteiger partial charge in [0.1, 0.15) is 36.3 Å². The summed E-state index contributed by atoms with van der Waals surface area (Å²) in [6.45, 7) is 1.01. The van der Waals surface area contributed by atoms with E-state index in [0.717, 1.165) is 11.3 Å². The number of hydrogen-bond acceptors (Lipinski definition) is 18. The predicted octanol–water partition coefficient (Wildman–Crippen LogP) is 5.09. The molecular weight excluding hydrogens is 829 g/mol. The third-order valence-corrected chi connectivity index (χ3v) is 8.14. The van der Waals surface area contributed by atoms with Gasteiger partial charge in [0.15, 0.2) is 0 Å². The highest BCUT2D eigenvalue weighted by Gasteiger charge is 2.18. The molecule has 21 nitrogen and oxygen atoms in total. The highest BCUT2D eigenvalue weighted by atomic mass is 32.2. The summed E-state index contributed by atoms with van der Waals surface area (Å²) in [4.78, 5) is 54.3. The zero-order chi connectivity index (χ0) is 44.2. The Morgan fingerprint density at radius 2 is 1.35 bits per heavy atom. The van der Waals surface area contributed by atoms with Crippen LogP contribution in [0, 0.1) is 6.92 Å². The molecule has 3 N–H and O–H groups in total. The molecule has 60 heavy (non-hydrogen) atoms. The molecule has 0 saturated carbocycles. The van der Waals surface area contributed by atoms with Crippen molar-refractivity contribution in [3.63, 3.8) is 0 Å². The quantitative estimate of drug-likeness (QED) is 0.0859. The largest absolute Gasteiger partial charge is 0.492 e. The van der Waals surface area contributed by atoms with E-state index in [4.69, 9.17) is 27.0 Å². The van der Waals surface area contributed by atoms with Crippen molar-refractivity contribution in [2.75, 3.05) is 30.9 Å². The SMILES string of the molecule is Cc1cc(Cc2nc(Cc3ccc(N=Nc4ccccc4)cc3)nc(N(C)CC(=O)O)n2)c(OCCS(=O)(=O)O)cc1N=Nc1cccc(C(=O)O)c1.O=C=O.O=S(=O)=O. The van der Waals surface area contributed by atoms with Gasteiger partial charge in [-0.2, -0.15) is 48.4 Å². The van der Waals surface area contributed by atoms with Crippen LogP contribution in [0.3, 0.4) is 0 Å². The van der Waals surface area contributed by atoms with Gasteiger partial charge in [0, 0.05) is 31.5 Å². The number of carbonyl (C=O) groups excluding carboxylic acids is 2. The predicted molar refractivity (Wildman–Crippen MR) is 209 cm³/mol. The molecule has 0 saturated heterocycles. The van der Waals surface area contributed by atoms with Crippen LogP contribution in [-0.4, -0.2) is 94.8 Å².